The van der Waals surface area contributed by atoms with Gasteiger partial charge < -0.3 is 20.9 Å². The second-order valence-electron chi connectivity index (χ2n) is 7.66. The summed E-state index contributed by atoms with van der Waals surface area (Å²) in [7, 11) is 0. The molecule has 0 atom stereocenters. The molecule has 0 saturated carbocycles. The Morgan fingerprint density at radius 1 is 0.857 bits per heavy atom. The van der Waals surface area contributed by atoms with Crippen LogP contribution in [-0.2, 0) is 9.47 Å². The van der Waals surface area contributed by atoms with Gasteiger partial charge in [-0.2, -0.15) is 0 Å². The number of hydrogen-bond acceptors (Lipinski definition) is 4. The van der Waals surface area contributed by atoms with Gasteiger partial charge >= 0.3 is 0 Å². The molecule has 0 aromatic heterocycles. The van der Waals surface area contributed by atoms with Crippen LogP contribution in [0.1, 0.15) is 53.9 Å². The molecule has 0 aromatic carbocycles. The van der Waals surface area contributed by atoms with Crippen molar-refractivity contribution in [1.82, 2.24) is 0 Å². The topological polar surface area (TPSA) is 70.5 Å². The summed E-state index contributed by atoms with van der Waals surface area (Å²) in [4.78, 5) is 0. The molecule has 0 aromatic rings. The Bertz CT molecular complexity index is 245. The summed E-state index contributed by atoms with van der Waals surface area (Å²) >= 11 is 0. The first-order valence-electron chi connectivity index (χ1n) is 8.32. The lowest BCUT2D eigenvalue weighted by Crippen LogP contribution is -2.29. The maximum absolute atomic E-state index is 5.64. The van der Waals surface area contributed by atoms with E-state index in [1.54, 1.807) is 0 Å². The summed E-state index contributed by atoms with van der Waals surface area (Å²) in [5.74, 6) is 0.408. The minimum Gasteiger partial charge on any atom is -0.380 e. The molecule has 0 rings (SSSR count). The Hall–Kier alpha value is -0.160. The largest absolute Gasteiger partial charge is 0.380 e. The van der Waals surface area contributed by atoms with E-state index in [2.05, 4.69) is 34.6 Å². The molecule has 0 radical (unpaired) electrons. The molecule has 0 fully saturated rings. The van der Waals surface area contributed by atoms with E-state index in [0.29, 0.717) is 37.6 Å². The van der Waals surface area contributed by atoms with Crippen molar-refractivity contribution in [2.45, 2.75) is 53.9 Å². The van der Waals surface area contributed by atoms with Crippen LogP contribution in [0.25, 0.3) is 0 Å². The molecule has 21 heavy (non-hydrogen) atoms. The molecule has 4 nitrogen and oxygen atoms in total. The summed E-state index contributed by atoms with van der Waals surface area (Å²) in [5, 5.41) is 0. The predicted molar refractivity (Wildman–Crippen MR) is 90.3 cm³/mol. The van der Waals surface area contributed by atoms with Crippen molar-refractivity contribution in [3.05, 3.63) is 0 Å². The molecular formula is C17H38N2O2. The molecule has 0 heterocycles. The van der Waals surface area contributed by atoms with E-state index in [1.807, 2.05) is 0 Å². The van der Waals surface area contributed by atoms with Crippen LogP contribution in [0.3, 0.4) is 0 Å². The molecule has 4 heteroatoms. The third-order valence-corrected chi connectivity index (χ3v) is 3.99. The molecule has 0 aliphatic rings. The van der Waals surface area contributed by atoms with Gasteiger partial charge in [-0.05, 0) is 23.7 Å². The summed E-state index contributed by atoms with van der Waals surface area (Å²) < 4.78 is 11.3. The Morgan fingerprint density at radius 2 is 1.33 bits per heavy atom. The molecule has 0 spiro atoms. The lowest BCUT2D eigenvalue weighted by atomic mass is 9.70. The highest BCUT2D eigenvalue weighted by Gasteiger charge is 2.30. The molecule has 0 unspecified atom stereocenters. The minimum atomic E-state index is 0.280. The molecule has 0 aliphatic heterocycles. The molecular weight excluding hydrogens is 264 g/mol. The third kappa shape index (κ3) is 11.1. The van der Waals surface area contributed by atoms with Gasteiger partial charge in [-0.1, -0.05) is 41.0 Å². The predicted octanol–water partition coefficient (Wildman–Crippen LogP) is 2.80. The van der Waals surface area contributed by atoms with E-state index in [0.717, 1.165) is 19.6 Å². The van der Waals surface area contributed by atoms with Crippen molar-refractivity contribution in [2.24, 2.45) is 28.2 Å². The van der Waals surface area contributed by atoms with Crippen LogP contribution < -0.4 is 11.5 Å². The maximum Gasteiger partial charge on any atom is 0.0588 e. The van der Waals surface area contributed by atoms with Crippen molar-refractivity contribution in [2.75, 3.05) is 39.5 Å². The standard InChI is InChI=1S/C17H38N2O2/c1-6-16(2,3)14-17(4,5)11-15(12-20-9-7-18)13-21-10-8-19/h15H,6-14,18-19H2,1-5H3. The number of nitrogens with two attached hydrogens (primary N) is 2. The van der Waals surface area contributed by atoms with Gasteiger partial charge in [0, 0.05) is 19.0 Å². The smallest absolute Gasteiger partial charge is 0.0588 e. The number of ether oxygens (including phenoxy) is 2. The minimum absolute atomic E-state index is 0.280. The average molecular weight is 303 g/mol. The van der Waals surface area contributed by atoms with Crippen LogP contribution in [-0.4, -0.2) is 39.5 Å². The van der Waals surface area contributed by atoms with Crippen LogP contribution in [0.15, 0.2) is 0 Å². The lowest BCUT2D eigenvalue weighted by Gasteiger charge is -2.36. The van der Waals surface area contributed by atoms with Crippen LogP contribution in [0.2, 0.25) is 0 Å². The zero-order valence-corrected chi connectivity index (χ0v) is 14.9. The van der Waals surface area contributed by atoms with Gasteiger partial charge in [0.1, 0.15) is 0 Å². The van der Waals surface area contributed by atoms with E-state index < -0.39 is 0 Å². The fraction of sp³-hybridized carbons (Fsp3) is 1.00. The SMILES string of the molecule is CCC(C)(C)CC(C)(C)CC(COCCN)COCCN. The van der Waals surface area contributed by atoms with Crippen molar-refractivity contribution < 1.29 is 9.47 Å². The van der Waals surface area contributed by atoms with Crippen LogP contribution in [0.4, 0.5) is 0 Å². The fourth-order valence-electron chi connectivity index (χ4n) is 3.11. The summed E-state index contributed by atoms with van der Waals surface area (Å²) in [6, 6.07) is 0. The quantitative estimate of drug-likeness (QED) is 0.513. The van der Waals surface area contributed by atoms with Crippen LogP contribution in [0, 0.1) is 16.7 Å². The molecule has 0 amide bonds. The van der Waals surface area contributed by atoms with Gasteiger partial charge in [-0.25, -0.2) is 0 Å². The summed E-state index contributed by atoms with van der Waals surface area (Å²) in [5.41, 5.74) is 11.6. The number of hydrogen-bond donors (Lipinski definition) is 2. The zero-order valence-electron chi connectivity index (χ0n) is 14.9. The first kappa shape index (κ1) is 20.8. The van der Waals surface area contributed by atoms with E-state index in [1.165, 1.54) is 12.8 Å². The van der Waals surface area contributed by atoms with Crippen molar-refractivity contribution in [3.8, 4) is 0 Å². The number of rotatable bonds is 13. The van der Waals surface area contributed by atoms with Crippen molar-refractivity contribution >= 4 is 0 Å². The Morgan fingerprint density at radius 3 is 1.71 bits per heavy atom. The maximum atomic E-state index is 5.64. The Kier molecular flexibility index (Phi) is 10.5. The molecule has 0 aliphatic carbocycles. The van der Waals surface area contributed by atoms with Gasteiger partial charge in [0.15, 0.2) is 0 Å². The van der Waals surface area contributed by atoms with Gasteiger partial charge in [-0.3, -0.25) is 0 Å². The lowest BCUT2D eigenvalue weighted by molar-refractivity contribution is 0.0188. The fourth-order valence-corrected chi connectivity index (χ4v) is 3.11. The summed E-state index contributed by atoms with van der Waals surface area (Å²) in [6.07, 6.45) is 3.51. The van der Waals surface area contributed by atoms with Gasteiger partial charge in [-0.15, -0.1) is 0 Å². The summed E-state index contributed by atoms with van der Waals surface area (Å²) in [6.45, 7) is 15.5. The van der Waals surface area contributed by atoms with Gasteiger partial charge in [0.05, 0.1) is 26.4 Å². The average Bonchev–Trinajstić information content (AvgIpc) is 2.37. The van der Waals surface area contributed by atoms with E-state index in [-0.39, 0.29) is 5.41 Å². The molecule has 4 N–H and O–H groups in total. The van der Waals surface area contributed by atoms with Gasteiger partial charge in [0.25, 0.3) is 0 Å². The monoisotopic (exact) mass is 302 g/mol. The zero-order chi connectivity index (χ0) is 16.4. The van der Waals surface area contributed by atoms with Crippen molar-refractivity contribution in [3.63, 3.8) is 0 Å². The highest BCUT2D eigenvalue weighted by Crippen LogP contribution is 2.40. The van der Waals surface area contributed by atoms with Crippen LogP contribution >= 0.6 is 0 Å². The molecule has 128 valence electrons. The van der Waals surface area contributed by atoms with E-state index in [9.17, 15) is 0 Å². The normalized spacial score (nSPS) is 13.1. The van der Waals surface area contributed by atoms with E-state index >= 15 is 0 Å². The highest BCUT2D eigenvalue weighted by atomic mass is 16.5. The second-order valence-corrected chi connectivity index (χ2v) is 7.66. The Balaban J connectivity index is 4.44. The molecule has 0 saturated heterocycles. The second kappa shape index (κ2) is 10.5. The van der Waals surface area contributed by atoms with Crippen LogP contribution in [0.5, 0.6) is 0 Å². The van der Waals surface area contributed by atoms with E-state index in [4.69, 9.17) is 20.9 Å². The first-order chi connectivity index (χ1) is 9.76. The molecule has 0 bridgehead atoms. The first-order valence-corrected chi connectivity index (χ1v) is 8.32. The van der Waals surface area contributed by atoms with Gasteiger partial charge in [0.2, 0.25) is 0 Å². The van der Waals surface area contributed by atoms with Crippen molar-refractivity contribution in [1.29, 1.82) is 0 Å². The third-order valence-electron chi connectivity index (χ3n) is 3.99. The highest BCUT2D eigenvalue weighted by molar-refractivity contribution is 4.81. The Labute approximate surface area is 131 Å².